The van der Waals surface area contributed by atoms with Gasteiger partial charge >= 0.3 is 0 Å². The predicted molar refractivity (Wildman–Crippen MR) is 75.7 cm³/mol. The maximum absolute atomic E-state index is 10.7. The largest absolute Gasteiger partial charge is 0.390 e. The van der Waals surface area contributed by atoms with Gasteiger partial charge in [-0.1, -0.05) is 52.9 Å². The summed E-state index contributed by atoms with van der Waals surface area (Å²) in [4.78, 5) is 4.04. The highest BCUT2D eigenvalue weighted by molar-refractivity contribution is 4.86. The van der Waals surface area contributed by atoms with Crippen LogP contribution < -0.4 is 0 Å². The molecule has 0 bridgehead atoms. The van der Waals surface area contributed by atoms with E-state index in [2.05, 4.69) is 30.9 Å². The highest BCUT2D eigenvalue weighted by Crippen LogP contribution is 2.36. The molecule has 1 aliphatic rings. The Bertz CT molecular complexity index is 363. The SMILES string of the molecule is CC(C)(C)C(O)C(CC1CCCCC1)n1cncn1. The topological polar surface area (TPSA) is 50.9 Å². The van der Waals surface area contributed by atoms with Crippen LogP contribution in [0, 0.1) is 11.3 Å². The van der Waals surface area contributed by atoms with Crippen LogP contribution in [0.5, 0.6) is 0 Å². The molecular weight excluding hydrogens is 238 g/mol. The standard InChI is InChI=1S/C15H27N3O/c1-15(2,3)14(19)13(18-11-16-10-17-18)9-12-7-5-4-6-8-12/h10-14,19H,4-9H2,1-3H3. The normalized spacial score (nSPS) is 21.3. The molecule has 0 aliphatic heterocycles. The lowest BCUT2D eigenvalue weighted by molar-refractivity contribution is 0.00160. The molecule has 19 heavy (non-hydrogen) atoms. The number of hydrogen-bond acceptors (Lipinski definition) is 3. The van der Waals surface area contributed by atoms with E-state index in [0.29, 0.717) is 0 Å². The number of hydrogen-bond donors (Lipinski definition) is 1. The van der Waals surface area contributed by atoms with E-state index in [9.17, 15) is 5.11 Å². The first-order valence-electron chi connectivity index (χ1n) is 7.50. The molecule has 0 spiro atoms. The molecule has 2 atom stereocenters. The second-order valence-electron chi connectivity index (χ2n) is 6.99. The van der Waals surface area contributed by atoms with Gasteiger partial charge in [-0.25, -0.2) is 9.67 Å². The summed E-state index contributed by atoms with van der Waals surface area (Å²) < 4.78 is 1.85. The molecule has 4 nitrogen and oxygen atoms in total. The zero-order chi connectivity index (χ0) is 13.9. The van der Waals surface area contributed by atoms with Crippen molar-refractivity contribution >= 4 is 0 Å². The van der Waals surface area contributed by atoms with Crippen molar-refractivity contribution in [1.82, 2.24) is 14.8 Å². The van der Waals surface area contributed by atoms with E-state index >= 15 is 0 Å². The third kappa shape index (κ3) is 3.78. The summed E-state index contributed by atoms with van der Waals surface area (Å²) in [5.74, 6) is 0.722. The average Bonchev–Trinajstić information content (AvgIpc) is 2.89. The average molecular weight is 265 g/mol. The van der Waals surface area contributed by atoms with Crippen LogP contribution in [0.3, 0.4) is 0 Å². The van der Waals surface area contributed by atoms with E-state index in [-0.39, 0.29) is 11.5 Å². The highest BCUT2D eigenvalue weighted by Gasteiger charge is 2.34. The van der Waals surface area contributed by atoms with E-state index in [1.807, 2.05) is 4.68 Å². The van der Waals surface area contributed by atoms with Crippen LogP contribution in [-0.4, -0.2) is 26.0 Å². The molecule has 0 saturated heterocycles. The number of rotatable bonds is 4. The number of aromatic nitrogens is 3. The number of aliphatic hydroxyl groups excluding tert-OH is 1. The van der Waals surface area contributed by atoms with E-state index in [0.717, 1.165) is 12.3 Å². The van der Waals surface area contributed by atoms with Gasteiger partial charge in [-0.05, 0) is 17.8 Å². The highest BCUT2D eigenvalue weighted by atomic mass is 16.3. The fourth-order valence-electron chi connectivity index (χ4n) is 3.11. The second-order valence-corrected chi connectivity index (χ2v) is 6.99. The van der Waals surface area contributed by atoms with Gasteiger partial charge in [-0.2, -0.15) is 5.10 Å². The summed E-state index contributed by atoms with van der Waals surface area (Å²) in [5.41, 5.74) is -0.134. The minimum atomic E-state index is -0.392. The van der Waals surface area contributed by atoms with E-state index in [1.54, 1.807) is 12.7 Å². The van der Waals surface area contributed by atoms with Crippen LogP contribution in [0.2, 0.25) is 0 Å². The molecule has 2 rings (SSSR count). The lowest BCUT2D eigenvalue weighted by atomic mass is 9.78. The van der Waals surface area contributed by atoms with E-state index in [4.69, 9.17) is 0 Å². The van der Waals surface area contributed by atoms with Crippen molar-refractivity contribution in [2.24, 2.45) is 11.3 Å². The summed E-state index contributed by atoms with van der Waals surface area (Å²) in [6.45, 7) is 6.26. The molecule has 1 aromatic heterocycles. The summed E-state index contributed by atoms with van der Waals surface area (Å²) in [5, 5.41) is 14.9. The Morgan fingerprint density at radius 3 is 2.47 bits per heavy atom. The van der Waals surface area contributed by atoms with Crippen molar-refractivity contribution < 1.29 is 5.11 Å². The molecule has 108 valence electrons. The van der Waals surface area contributed by atoms with Crippen molar-refractivity contribution in [3.63, 3.8) is 0 Å². The van der Waals surface area contributed by atoms with Gasteiger partial charge in [0.1, 0.15) is 12.7 Å². The first-order valence-corrected chi connectivity index (χ1v) is 7.50. The monoisotopic (exact) mass is 265 g/mol. The van der Waals surface area contributed by atoms with Crippen molar-refractivity contribution in [3.8, 4) is 0 Å². The lowest BCUT2D eigenvalue weighted by Gasteiger charge is -2.35. The zero-order valence-corrected chi connectivity index (χ0v) is 12.4. The first-order chi connectivity index (χ1) is 8.98. The molecule has 1 aliphatic carbocycles. The molecule has 2 unspecified atom stereocenters. The summed E-state index contributed by atoms with van der Waals surface area (Å²) in [6.07, 6.45) is 10.5. The Kier molecular flexibility index (Phi) is 4.61. The molecule has 1 fully saturated rings. The summed E-state index contributed by atoms with van der Waals surface area (Å²) in [6, 6.07) is 0.0469. The van der Waals surface area contributed by atoms with Crippen molar-refractivity contribution in [2.45, 2.75) is 71.4 Å². The summed E-state index contributed by atoms with van der Waals surface area (Å²) >= 11 is 0. The van der Waals surface area contributed by atoms with Gasteiger partial charge in [0.25, 0.3) is 0 Å². The lowest BCUT2D eigenvalue weighted by Crippen LogP contribution is -2.37. The van der Waals surface area contributed by atoms with Crippen LogP contribution in [0.15, 0.2) is 12.7 Å². The van der Waals surface area contributed by atoms with Crippen molar-refractivity contribution in [1.29, 1.82) is 0 Å². The van der Waals surface area contributed by atoms with Gasteiger partial charge < -0.3 is 5.11 Å². The molecule has 4 heteroatoms. The Hall–Kier alpha value is -0.900. The minimum absolute atomic E-state index is 0.0469. The fraction of sp³-hybridized carbons (Fsp3) is 0.867. The molecule has 0 aromatic carbocycles. The van der Waals surface area contributed by atoms with Crippen molar-refractivity contribution in [2.75, 3.05) is 0 Å². The molecule has 1 saturated carbocycles. The van der Waals surface area contributed by atoms with Gasteiger partial charge in [0, 0.05) is 0 Å². The Labute approximate surface area is 116 Å². The van der Waals surface area contributed by atoms with Crippen LogP contribution in [0.1, 0.15) is 65.3 Å². The minimum Gasteiger partial charge on any atom is -0.390 e. The van der Waals surface area contributed by atoms with Gasteiger partial charge in [0.15, 0.2) is 0 Å². The van der Waals surface area contributed by atoms with Crippen LogP contribution in [0.25, 0.3) is 0 Å². The third-order valence-corrected chi connectivity index (χ3v) is 4.33. The Morgan fingerprint density at radius 2 is 1.95 bits per heavy atom. The van der Waals surface area contributed by atoms with E-state index < -0.39 is 6.10 Å². The van der Waals surface area contributed by atoms with Crippen LogP contribution >= 0.6 is 0 Å². The molecule has 1 heterocycles. The fourth-order valence-corrected chi connectivity index (χ4v) is 3.11. The van der Waals surface area contributed by atoms with Crippen LogP contribution in [0.4, 0.5) is 0 Å². The maximum Gasteiger partial charge on any atom is 0.137 e. The van der Waals surface area contributed by atoms with Gasteiger partial charge in [0.2, 0.25) is 0 Å². The maximum atomic E-state index is 10.7. The first kappa shape index (κ1) is 14.5. The smallest absolute Gasteiger partial charge is 0.137 e. The predicted octanol–water partition coefficient (Wildman–Crippen LogP) is 3.20. The zero-order valence-electron chi connectivity index (χ0n) is 12.4. The molecule has 1 N–H and O–H groups in total. The molecule has 0 amide bonds. The van der Waals surface area contributed by atoms with Gasteiger partial charge in [0.05, 0.1) is 12.1 Å². The van der Waals surface area contributed by atoms with Crippen molar-refractivity contribution in [3.05, 3.63) is 12.7 Å². The molecular formula is C15H27N3O. The number of aliphatic hydroxyl groups is 1. The Morgan fingerprint density at radius 1 is 1.26 bits per heavy atom. The summed E-state index contributed by atoms with van der Waals surface area (Å²) in [7, 11) is 0. The second kappa shape index (κ2) is 6.04. The number of nitrogens with zero attached hydrogens (tertiary/aromatic N) is 3. The van der Waals surface area contributed by atoms with Crippen LogP contribution in [-0.2, 0) is 0 Å². The quantitative estimate of drug-likeness (QED) is 0.909. The molecule has 1 aromatic rings. The van der Waals surface area contributed by atoms with Gasteiger partial charge in [-0.3, -0.25) is 0 Å². The van der Waals surface area contributed by atoms with Gasteiger partial charge in [-0.15, -0.1) is 0 Å². The molecule has 0 radical (unpaired) electrons. The van der Waals surface area contributed by atoms with E-state index in [1.165, 1.54) is 32.1 Å². The Balaban J connectivity index is 2.10. The third-order valence-electron chi connectivity index (χ3n) is 4.33.